The van der Waals surface area contributed by atoms with Gasteiger partial charge in [-0.3, -0.25) is 0 Å². The minimum Gasteiger partial charge on any atom is -0.487 e. The summed E-state index contributed by atoms with van der Waals surface area (Å²) in [6.07, 6.45) is 0.834. The fourth-order valence-corrected chi connectivity index (χ4v) is 2.30. The predicted molar refractivity (Wildman–Crippen MR) is 74.8 cm³/mol. The van der Waals surface area contributed by atoms with Gasteiger partial charge in [-0.1, -0.05) is 12.1 Å². The molecule has 1 heterocycles. The monoisotopic (exact) mass is 265 g/mol. The zero-order valence-corrected chi connectivity index (χ0v) is 11.9. The first-order chi connectivity index (χ1) is 9.05. The molecular weight excluding hydrogens is 242 g/mol. The van der Waals surface area contributed by atoms with Crippen molar-refractivity contribution in [3.63, 3.8) is 0 Å². The summed E-state index contributed by atoms with van der Waals surface area (Å²) in [4.78, 5) is 0. The summed E-state index contributed by atoms with van der Waals surface area (Å²) in [5, 5.41) is 0. The minimum atomic E-state index is -0.158. The van der Waals surface area contributed by atoms with E-state index in [1.165, 1.54) is 5.56 Å². The van der Waals surface area contributed by atoms with Crippen LogP contribution in [-0.4, -0.2) is 31.5 Å². The average molecular weight is 265 g/mol. The first kappa shape index (κ1) is 14.2. The Hall–Kier alpha value is -1.26. The molecule has 0 aliphatic carbocycles. The Bertz CT molecular complexity index is 431. The van der Waals surface area contributed by atoms with E-state index >= 15 is 0 Å². The highest BCUT2D eigenvalue weighted by molar-refractivity contribution is 5.50. The number of rotatable bonds is 6. The third kappa shape index (κ3) is 3.39. The van der Waals surface area contributed by atoms with E-state index in [9.17, 15) is 0 Å². The zero-order chi connectivity index (χ0) is 13.9. The number of para-hydroxylation sites is 1. The Morgan fingerprint density at radius 1 is 1.42 bits per heavy atom. The third-order valence-electron chi connectivity index (χ3n) is 3.14. The molecule has 4 heteroatoms. The van der Waals surface area contributed by atoms with Crippen molar-refractivity contribution in [1.82, 2.24) is 0 Å². The molecular formula is C15H23NO3. The first-order valence-electron chi connectivity index (χ1n) is 6.81. The molecule has 0 bridgehead atoms. The highest BCUT2D eigenvalue weighted by Gasteiger charge is 2.32. The van der Waals surface area contributed by atoms with Crippen LogP contribution in [0.25, 0.3) is 0 Å². The van der Waals surface area contributed by atoms with Crippen molar-refractivity contribution in [3.8, 4) is 11.5 Å². The summed E-state index contributed by atoms with van der Waals surface area (Å²) in [6.45, 7) is 7.66. The lowest BCUT2D eigenvalue weighted by molar-refractivity contribution is 0.0320. The smallest absolute Gasteiger partial charge is 0.165 e. The maximum Gasteiger partial charge on any atom is 0.165 e. The lowest BCUT2D eigenvalue weighted by Crippen LogP contribution is -2.30. The van der Waals surface area contributed by atoms with Gasteiger partial charge in [-0.15, -0.1) is 0 Å². The Morgan fingerprint density at radius 3 is 2.89 bits per heavy atom. The molecule has 0 spiro atoms. The van der Waals surface area contributed by atoms with Gasteiger partial charge in [0.25, 0.3) is 0 Å². The number of ether oxygens (including phenoxy) is 3. The maximum absolute atomic E-state index is 5.95. The molecule has 1 aromatic carbocycles. The minimum absolute atomic E-state index is 0.0738. The SMILES string of the molecule is CCOC(CN)COc1cccc2c1OC(C)(C)C2. The van der Waals surface area contributed by atoms with Crippen LogP contribution in [0.3, 0.4) is 0 Å². The van der Waals surface area contributed by atoms with E-state index in [2.05, 4.69) is 19.9 Å². The predicted octanol–water partition coefficient (Wildman–Crippen LogP) is 2.14. The second-order valence-electron chi connectivity index (χ2n) is 5.41. The normalized spacial score (nSPS) is 17.7. The molecule has 0 amide bonds. The van der Waals surface area contributed by atoms with Crippen LogP contribution in [0.5, 0.6) is 11.5 Å². The van der Waals surface area contributed by atoms with Crippen LogP contribution in [0.15, 0.2) is 18.2 Å². The summed E-state index contributed by atoms with van der Waals surface area (Å²) >= 11 is 0. The van der Waals surface area contributed by atoms with E-state index in [4.69, 9.17) is 19.9 Å². The van der Waals surface area contributed by atoms with Crippen LogP contribution in [-0.2, 0) is 11.2 Å². The summed E-state index contributed by atoms with van der Waals surface area (Å²) in [5.41, 5.74) is 6.68. The van der Waals surface area contributed by atoms with Gasteiger partial charge in [0.15, 0.2) is 11.5 Å². The van der Waals surface area contributed by atoms with Gasteiger partial charge in [0.2, 0.25) is 0 Å². The number of fused-ring (bicyclic) bond motifs is 1. The van der Waals surface area contributed by atoms with Gasteiger partial charge in [0.1, 0.15) is 18.3 Å². The third-order valence-corrected chi connectivity index (χ3v) is 3.14. The van der Waals surface area contributed by atoms with E-state index in [1.807, 2.05) is 19.1 Å². The molecule has 1 aliphatic rings. The van der Waals surface area contributed by atoms with Crippen LogP contribution in [0, 0.1) is 0 Å². The highest BCUT2D eigenvalue weighted by Crippen LogP contribution is 2.41. The van der Waals surface area contributed by atoms with Crippen LogP contribution in [0.1, 0.15) is 26.3 Å². The molecule has 0 saturated heterocycles. The molecule has 1 aromatic rings. The van der Waals surface area contributed by atoms with E-state index in [1.54, 1.807) is 0 Å². The van der Waals surface area contributed by atoms with Gasteiger partial charge in [-0.05, 0) is 26.8 Å². The lowest BCUT2D eigenvalue weighted by atomic mass is 10.0. The van der Waals surface area contributed by atoms with E-state index in [-0.39, 0.29) is 11.7 Å². The molecule has 19 heavy (non-hydrogen) atoms. The molecule has 2 rings (SSSR count). The van der Waals surface area contributed by atoms with Crippen LogP contribution < -0.4 is 15.2 Å². The maximum atomic E-state index is 5.95. The van der Waals surface area contributed by atoms with Gasteiger partial charge in [-0.25, -0.2) is 0 Å². The van der Waals surface area contributed by atoms with Crippen molar-refractivity contribution in [2.45, 2.75) is 38.9 Å². The van der Waals surface area contributed by atoms with Crippen molar-refractivity contribution >= 4 is 0 Å². The summed E-state index contributed by atoms with van der Waals surface area (Å²) < 4.78 is 17.3. The van der Waals surface area contributed by atoms with Gasteiger partial charge in [-0.2, -0.15) is 0 Å². The van der Waals surface area contributed by atoms with Crippen LogP contribution in [0.4, 0.5) is 0 Å². The fraction of sp³-hybridized carbons (Fsp3) is 0.600. The van der Waals surface area contributed by atoms with E-state index in [0.29, 0.717) is 19.8 Å². The Morgan fingerprint density at radius 2 is 2.21 bits per heavy atom. The number of nitrogens with two attached hydrogens (primary N) is 1. The second-order valence-corrected chi connectivity index (χ2v) is 5.41. The molecule has 1 aliphatic heterocycles. The molecule has 2 N–H and O–H groups in total. The molecule has 0 fully saturated rings. The molecule has 0 aromatic heterocycles. The van der Waals surface area contributed by atoms with Crippen molar-refractivity contribution < 1.29 is 14.2 Å². The standard InChI is InChI=1S/C15H23NO3/c1-4-17-12(9-16)10-18-13-7-5-6-11-8-15(2,3)19-14(11)13/h5-7,12H,4,8-10,16H2,1-3H3. The molecule has 0 saturated carbocycles. The van der Waals surface area contributed by atoms with Crippen molar-refractivity contribution in [2.75, 3.05) is 19.8 Å². The molecule has 0 radical (unpaired) electrons. The lowest BCUT2D eigenvalue weighted by Gasteiger charge is -2.19. The Kier molecular flexibility index (Phi) is 4.32. The van der Waals surface area contributed by atoms with Crippen LogP contribution in [0.2, 0.25) is 0 Å². The van der Waals surface area contributed by atoms with E-state index < -0.39 is 0 Å². The van der Waals surface area contributed by atoms with Crippen molar-refractivity contribution in [1.29, 1.82) is 0 Å². The van der Waals surface area contributed by atoms with Gasteiger partial charge in [0.05, 0.1) is 0 Å². The molecule has 106 valence electrons. The average Bonchev–Trinajstić information content (AvgIpc) is 2.68. The fourth-order valence-electron chi connectivity index (χ4n) is 2.30. The first-order valence-corrected chi connectivity index (χ1v) is 6.81. The molecule has 1 unspecified atom stereocenters. The summed E-state index contributed by atoms with van der Waals surface area (Å²) in [6, 6.07) is 6.01. The molecule has 1 atom stereocenters. The highest BCUT2D eigenvalue weighted by atomic mass is 16.6. The Balaban J connectivity index is 2.05. The summed E-state index contributed by atoms with van der Waals surface area (Å²) in [7, 11) is 0. The Labute approximate surface area is 114 Å². The van der Waals surface area contributed by atoms with Gasteiger partial charge in [0, 0.05) is 25.1 Å². The number of hydrogen-bond donors (Lipinski definition) is 1. The van der Waals surface area contributed by atoms with Gasteiger partial charge < -0.3 is 19.9 Å². The van der Waals surface area contributed by atoms with Gasteiger partial charge >= 0.3 is 0 Å². The molecule has 4 nitrogen and oxygen atoms in total. The zero-order valence-electron chi connectivity index (χ0n) is 11.9. The topological polar surface area (TPSA) is 53.7 Å². The number of hydrogen-bond acceptors (Lipinski definition) is 4. The quantitative estimate of drug-likeness (QED) is 0.856. The van der Waals surface area contributed by atoms with Crippen molar-refractivity contribution in [2.24, 2.45) is 5.73 Å². The largest absolute Gasteiger partial charge is 0.487 e. The number of benzene rings is 1. The van der Waals surface area contributed by atoms with Crippen molar-refractivity contribution in [3.05, 3.63) is 23.8 Å². The van der Waals surface area contributed by atoms with E-state index in [0.717, 1.165) is 17.9 Å². The summed E-state index contributed by atoms with van der Waals surface area (Å²) in [5.74, 6) is 1.64. The van der Waals surface area contributed by atoms with Crippen LogP contribution >= 0.6 is 0 Å². The second kappa shape index (κ2) is 5.80.